The fourth-order valence-corrected chi connectivity index (χ4v) is 2.13. The number of hydrogen-bond acceptors (Lipinski definition) is 4. The predicted molar refractivity (Wildman–Crippen MR) is 72.0 cm³/mol. The van der Waals surface area contributed by atoms with Crippen molar-refractivity contribution < 1.29 is 0 Å². The number of nitrogens with zero attached hydrogens (tertiary/aromatic N) is 1. The summed E-state index contributed by atoms with van der Waals surface area (Å²) in [7, 11) is 0. The van der Waals surface area contributed by atoms with Crippen LogP contribution in [0, 0.1) is 0 Å². The van der Waals surface area contributed by atoms with E-state index in [1.807, 2.05) is 24.3 Å². The topological polar surface area (TPSA) is 77.0 Å². The van der Waals surface area contributed by atoms with Crippen LogP contribution >= 0.6 is 15.9 Å². The second-order valence-corrected chi connectivity index (χ2v) is 4.57. The largest absolute Gasteiger partial charge is 0.398 e. The van der Waals surface area contributed by atoms with E-state index in [4.69, 9.17) is 11.6 Å². The van der Waals surface area contributed by atoms with Crippen molar-refractivity contribution in [3.63, 3.8) is 0 Å². The SMILES string of the molecule is NNC(c1cccc(Br)c1)c1cnccc1N. The van der Waals surface area contributed by atoms with E-state index in [0.29, 0.717) is 5.69 Å². The zero-order chi connectivity index (χ0) is 12.3. The maximum atomic E-state index is 5.93. The average Bonchev–Trinajstić information content (AvgIpc) is 2.33. The summed E-state index contributed by atoms with van der Waals surface area (Å²) in [6, 6.07) is 9.50. The van der Waals surface area contributed by atoms with Gasteiger partial charge in [-0.25, -0.2) is 5.43 Å². The highest BCUT2D eigenvalue weighted by Crippen LogP contribution is 2.26. The number of hydrogen-bond donors (Lipinski definition) is 3. The standard InChI is InChI=1S/C12H13BrN4/c13-9-3-1-2-8(6-9)12(17-15)10-7-16-5-4-11(10)14/h1-7,12,17H,15H2,(H2,14,16). The predicted octanol–water partition coefficient (Wildman–Crippen LogP) is 1.98. The third-order valence-electron chi connectivity index (χ3n) is 2.55. The summed E-state index contributed by atoms with van der Waals surface area (Å²) in [5.41, 5.74) is 11.3. The zero-order valence-electron chi connectivity index (χ0n) is 9.10. The first-order valence-electron chi connectivity index (χ1n) is 5.13. The van der Waals surface area contributed by atoms with Gasteiger partial charge < -0.3 is 5.73 Å². The molecule has 0 aliphatic heterocycles. The summed E-state index contributed by atoms with van der Waals surface area (Å²) in [6.45, 7) is 0. The minimum atomic E-state index is -0.166. The molecule has 0 saturated heterocycles. The van der Waals surface area contributed by atoms with Gasteiger partial charge in [-0.1, -0.05) is 28.1 Å². The van der Waals surface area contributed by atoms with Crippen molar-refractivity contribution >= 4 is 21.6 Å². The summed E-state index contributed by atoms with van der Waals surface area (Å²) in [5.74, 6) is 5.61. The highest BCUT2D eigenvalue weighted by atomic mass is 79.9. The monoisotopic (exact) mass is 292 g/mol. The molecular weight excluding hydrogens is 280 g/mol. The molecular formula is C12H13BrN4. The van der Waals surface area contributed by atoms with Crippen molar-refractivity contribution in [2.45, 2.75) is 6.04 Å². The number of nitrogen functional groups attached to an aromatic ring is 1. The molecule has 0 spiro atoms. The van der Waals surface area contributed by atoms with E-state index in [0.717, 1.165) is 15.6 Å². The van der Waals surface area contributed by atoms with Crippen molar-refractivity contribution in [3.8, 4) is 0 Å². The molecule has 2 rings (SSSR count). The van der Waals surface area contributed by atoms with E-state index in [1.54, 1.807) is 18.5 Å². The second kappa shape index (κ2) is 5.27. The Kier molecular flexibility index (Phi) is 3.73. The van der Waals surface area contributed by atoms with Crippen LogP contribution in [0.15, 0.2) is 47.2 Å². The smallest absolute Gasteiger partial charge is 0.0745 e. The lowest BCUT2D eigenvalue weighted by Crippen LogP contribution is -2.29. The van der Waals surface area contributed by atoms with E-state index >= 15 is 0 Å². The summed E-state index contributed by atoms with van der Waals surface area (Å²) in [6.07, 6.45) is 3.38. The number of pyridine rings is 1. The molecule has 88 valence electrons. The van der Waals surface area contributed by atoms with Crippen LogP contribution in [0.1, 0.15) is 17.2 Å². The van der Waals surface area contributed by atoms with Crippen LogP contribution in [0.25, 0.3) is 0 Å². The molecule has 2 aromatic rings. The van der Waals surface area contributed by atoms with Crippen LogP contribution in [0.2, 0.25) is 0 Å². The van der Waals surface area contributed by atoms with Gasteiger partial charge in [0.25, 0.3) is 0 Å². The average molecular weight is 293 g/mol. The Morgan fingerprint density at radius 3 is 2.76 bits per heavy atom. The molecule has 5 N–H and O–H groups in total. The lowest BCUT2D eigenvalue weighted by molar-refractivity contribution is 0.636. The van der Waals surface area contributed by atoms with Gasteiger partial charge in [0.05, 0.1) is 6.04 Å². The molecule has 1 atom stereocenters. The maximum absolute atomic E-state index is 5.93. The van der Waals surface area contributed by atoms with Gasteiger partial charge in [0.1, 0.15) is 0 Å². The molecule has 0 amide bonds. The number of nitrogens with two attached hydrogens (primary N) is 2. The van der Waals surface area contributed by atoms with Crippen LogP contribution < -0.4 is 17.0 Å². The third-order valence-corrected chi connectivity index (χ3v) is 3.04. The minimum Gasteiger partial charge on any atom is -0.398 e. The van der Waals surface area contributed by atoms with Gasteiger partial charge in [-0.3, -0.25) is 10.8 Å². The molecule has 1 aromatic heterocycles. The van der Waals surface area contributed by atoms with Crippen LogP contribution in [-0.4, -0.2) is 4.98 Å². The quantitative estimate of drug-likeness (QED) is 0.597. The lowest BCUT2D eigenvalue weighted by atomic mass is 10.00. The maximum Gasteiger partial charge on any atom is 0.0745 e. The molecule has 5 heteroatoms. The summed E-state index contributed by atoms with van der Waals surface area (Å²) >= 11 is 3.44. The lowest BCUT2D eigenvalue weighted by Gasteiger charge is -2.18. The first kappa shape index (κ1) is 12.0. The summed E-state index contributed by atoms with van der Waals surface area (Å²) in [4.78, 5) is 4.08. The van der Waals surface area contributed by atoms with Gasteiger partial charge in [-0.05, 0) is 23.8 Å². The Labute approximate surface area is 108 Å². The molecule has 0 radical (unpaired) electrons. The normalized spacial score (nSPS) is 12.4. The molecule has 17 heavy (non-hydrogen) atoms. The van der Waals surface area contributed by atoms with Gasteiger partial charge >= 0.3 is 0 Å². The molecule has 0 aliphatic rings. The number of nitrogens with one attached hydrogen (secondary N) is 1. The molecule has 0 fully saturated rings. The summed E-state index contributed by atoms with van der Waals surface area (Å²) in [5, 5.41) is 0. The van der Waals surface area contributed by atoms with E-state index in [9.17, 15) is 0 Å². The minimum absolute atomic E-state index is 0.166. The zero-order valence-corrected chi connectivity index (χ0v) is 10.7. The van der Waals surface area contributed by atoms with Gasteiger partial charge in [-0.15, -0.1) is 0 Å². The number of rotatable bonds is 3. The Morgan fingerprint density at radius 1 is 1.29 bits per heavy atom. The number of anilines is 1. The van der Waals surface area contributed by atoms with E-state index in [-0.39, 0.29) is 6.04 Å². The Morgan fingerprint density at radius 2 is 2.12 bits per heavy atom. The second-order valence-electron chi connectivity index (χ2n) is 3.66. The highest BCUT2D eigenvalue weighted by molar-refractivity contribution is 9.10. The fourth-order valence-electron chi connectivity index (χ4n) is 1.71. The van der Waals surface area contributed by atoms with Crippen molar-refractivity contribution in [2.75, 3.05) is 5.73 Å². The third kappa shape index (κ3) is 2.63. The number of aromatic nitrogens is 1. The first-order valence-corrected chi connectivity index (χ1v) is 5.92. The molecule has 0 bridgehead atoms. The van der Waals surface area contributed by atoms with Gasteiger partial charge in [0.15, 0.2) is 0 Å². The molecule has 4 nitrogen and oxygen atoms in total. The van der Waals surface area contributed by atoms with Crippen LogP contribution in [0.5, 0.6) is 0 Å². The van der Waals surface area contributed by atoms with Crippen molar-refractivity contribution in [2.24, 2.45) is 5.84 Å². The van der Waals surface area contributed by atoms with Crippen LogP contribution in [0.4, 0.5) is 5.69 Å². The van der Waals surface area contributed by atoms with Crippen molar-refractivity contribution in [1.82, 2.24) is 10.4 Å². The Balaban J connectivity index is 2.44. The molecule has 0 saturated carbocycles. The highest BCUT2D eigenvalue weighted by Gasteiger charge is 2.15. The van der Waals surface area contributed by atoms with Gasteiger partial charge in [0, 0.05) is 28.1 Å². The number of benzene rings is 1. The van der Waals surface area contributed by atoms with Gasteiger partial charge in [0.2, 0.25) is 0 Å². The Bertz CT molecular complexity index is 515. The molecule has 1 unspecified atom stereocenters. The number of halogens is 1. The summed E-state index contributed by atoms with van der Waals surface area (Å²) < 4.78 is 0.998. The number of hydrazine groups is 1. The first-order chi connectivity index (χ1) is 8.22. The van der Waals surface area contributed by atoms with Crippen LogP contribution in [-0.2, 0) is 0 Å². The molecule has 1 aromatic carbocycles. The van der Waals surface area contributed by atoms with Crippen LogP contribution in [0.3, 0.4) is 0 Å². The Hall–Kier alpha value is -1.43. The van der Waals surface area contributed by atoms with E-state index in [2.05, 4.69) is 26.3 Å². The van der Waals surface area contributed by atoms with Gasteiger partial charge in [-0.2, -0.15) is 0 Å². The van der Waals surface area contributed by atoms with E-state index < -0.39 is 0 Å². The molecule has 0 aliphatic carbocycles. The van der Waals surface area contributed by atoms with E-state index in [1.165, 1.54) is 0 Å². The molecule has 1 heterocycles. The van der Waals surface area contributed by atoms with Crippen molar-refractivity contribution in [3.05, 3.63) is 58.3 Å². The fraction of sp³-hybridized carbons (Fsp3) is 0.0833. The van der Waals surface area contributed by atoms with Crippen molar-refractivity contribution in [1.29, 1.82) is 0 Å².